The zero-order chi connectivity index (χ0) is 13.7. The fourth-order valence-corrected chi connectivity index (χ4v) is 2.29. The molecule has 1 aliphatic rings. The molecule has 1 aromatic rings. The number of carbonyl (C=O) groups excluding carboxylic acids is 1. The third-order valence-corrected chi connectivity index (χ3v) is 3.42. The Hall–Kier alpha value is -1.33. The molecule has 5 nitrogen and oxygen atoms in total. The van der Waals surface area contributed by atoms with Crippen LogP contribution in [0.15, 0.2) is 18.3 Å². The smallest absolute Gasteiger partial charge is 0.223 e. The molecule has 2 unspecified atom stereocenters. The zero-order valence-corrected chi connectivity index (χ0v) is 11.4. The van der Waals surface area contributed by atoms with Crippen molar-refractivity contribution in [1.29, 1.82) is 0 Å². The molecule has 0 radical (unpaired) electrons. The number of nitrogens with one attached hydrogen (secondary N) is 1. The van der Waals surface area contributed by atoms with Gasteiger partial charge < -0.3 is 15.8 Å². The molecule has 0 aromatic carbocycles. The van der Waals surface area contributed by atoms with Crippen LogP contribution in [0.4, 0.5) is 0 Å². The number of nitrogens with two attached hydrogens (primary N) is 1. The van der Waals surface area contributed by atoms with Crippen LogP contribution in [0, 0.1) is 5.92 Å². The van der Waals surface area contributed by atoms with Crippen molar-refractivity contribution in [2.24, 2.45) is 11.7 Å². The summed E-state index contributed by atoms with van der Waals surface area (Å²) >= 11 is 5.71. The number of halogens is 1. The number of aromatic nitrogens is 1. The van der Waals surface area contributed by atoms with Crippen molar-refractivity contribution in [3.63, 3.8) is 0 Å². The largest absolute Gasteiger partial charge is 0.476 e. The van der Waals surface area contributed by atoms with Gasteiger partial charge in [0.2, 0.25) is 11.8 Å². The number of hydrogen-bond acceptors (Lipinski definition) is 4. The lowest BCUT2D eigenvalue weighted by atomic mass is 10.1. The number of amides is 1. The summed E-state index contributed by atoms with van der Waals surface area (Å²) < 4.78 is 5.39. The molecule has 0 bridgehead atoms. The predicted octanol–water partition coefficient (Wildman–Crippen LogP) is 1.36. The fourth-order valence-electron chi connectivity index (χ4n) is 2.18. The van der Waals surface area contributed by atoms with Crippen molar-refractivity contribution >= 4 is 17.5 Å². The number of carbonyl (C=O) groups is 1. The second kappa shape index (κ2) is 6.73. The molecule has 1 amide bonds. The molecule has 1 aromatic heterocycles. The van der Waals surface area contributed by atoms with E-state index in [1.807, 2.05) is 0 Å². The van der Waals surface area contributed by atoms with Gasteiger partial charge in [0.1, 0.15) is 6.61 Å². The summed E-state index contributed by atoms with van der Waals surface area (Å²) in [6, 6.07) is 3.58. The lowest BCUT2D eigenvalue weighted by Gasteiger charge is -2.11. The van der Waals surface area contributed by atoms with Crippen LogP contribution in [-0.4, -0.2) is 30.1 Å². The molecule has 1 saturated carbocycles. The normalized spacial score (nSPS) is 22.2. The molecule has 2 atom stereocenters. The van der Waals surface area contributed by atoms with Gasteiger partial charge in [0, 0.05) is 24.2 Å². The molecule has 0 aliphatic heterocycles. The van der Waals surface area contributed by atoms with Gasteiger partial charge in [-0.05, 0) is 25.3 Å². The summed E-state index contributed by atoms with van der Waals surface area (Å²) in [5.74, 6) is 0.630. The minimum atomic E-state index is 0.0589. The van der Waals surface area contributed by atoms with E-state index in [0.29, 0.717) is 24.1 Å². The third kappa shape index (κ3) is 4.36. The van der Waals surface area contributed by atoms with E-state index < -0.39 is 0 Å². The molecule has 3 N–H and O–H groups in total. The van der Waals surface area contributed by atoms with Crippen LogP contribution in [-0.2, 0) is 4.79 Å². The third-order valence-electron chi connectivity index (χ3n) is 3.20. The van der Waals surface area contributed by atoms with E-state index in [9.17, 15) is 4.79 Å². The standard InChI is InChI=1S/C13H18ClN3O2/c14-10-2-4-12(17-8-10)19-6-5-16-13(18)9-1-3-11(15)7-9/h2,4,8-9,11H,1,3,5-7,15H2,(H,16,18). The number of pyridine rings is 1. The first-order chi connectivity index (χ1) is 9.15. The summed E-state index contributed by atoms with van der Waals surface area (Å²) in [7, 11) is 0. The zero-order valence-electron chi connectivity index (χ0n) is 10.6. The fraction of sp³-hybridized carbons (Fsp3) is 0.538. The minimum absolute atomic E-state index is 0.0589. The quantitative estimate of drug-likeness (QED) is 0.800. The predicted molar refractivity (Wildman–Crippen MR) is 73.1 cm³/mol. The van der Waals surface area contributed by atoms with Crippen LogP contribution < -0.4 is 15.8 Å². The van der Waals surface area contributed by atoms with E-state index in [1.165, 1.54) is 6.20 Å². The van der Waals surface area contributed by atoms with Gasteiger partial charge in [0.25, 0.3) is 0 Å². The molecular formula is C13H18ClN3O2. The highest BCUT2D eigenvalue weighted by Crippen LogP contribution is 2.23. The van der Waals surface area contributed by atoms with E-state index in [-0.39, 0.29) is 17.9 Å². The first kappa shape index (κ1) is 14.1. The van der Waals surface area contributed by atoms with Gasteiger partial charge in [-0.1, -0.05) is 11.6 Å². The Morgan fingerprint density at radius 2 is 2.37 bits per heavy atom. The number of nitrogens with zero attached hydrogens (tertiary/aromatic N) is 1. The van der Waals surface area contributed by atoms with Gasteiger partial charge in [-0.2, -0.15) is 0 Å². The van der Waals surface area contributed by atoms with Crippen molar-refractivity contribution in [3.05, 3.63) is 23.4 Å². The molecule has 0 saturated heterocycles. The van der Waals surface area contributed by atoms with Gasteiger partial charge in [0.05, 0.1) is 11.6 Å². The van der Waals surface area contributed by atoms with Gasteiger partial charge in [0.15, 0.2) is 0 Å². The van der Waals surface area contributed by atoms with Crippen LogP contribution in [0.2, 0.25) is 5.02 Å². The van der Waals surface area contributed by atoms with Gasteiger partial charge in [-0.3, -0.25) is 4.79 Å². The highest BCUT2D eigenvalue weighted by molar-refractivity contribution is 6.30. The Morgan fingerprint density at radius 3 is 3.00 bits per heavy atom. The number of rotatable bonds is 5. The van der Waals surface area contributed by atoms with Crippen LogP contribution in [0.25, 0.3) is 0 Å². The summed E-state index contributed by atoms with van der Waals surface area (Å²) in [4.78, 5) is 15.8. The highest BCUT2D eigenvalue weighted by atomic mass is 35.5. The van der Waals surface area contributed by atoms with Crippen LogP contribution >= 0.6 is 11.6 Å². The Balaban J connectivity index is 1.64. The minimum Gasteiger partial charge on any atom is -0.476 e. The molecule has 2 rings (SSSR count). The Morgan fingerprint density at radius 1 is 1.53 bits per heavy atom. The first-order valence-electron chi connectivity index (χ1n) is 6.43. The van der Waals surface area contributed by atoms with Crippen LogP contribution in [0.5, 0.6) is 5.88 Å². The van der Waals surface area contributed by atoms with Crippen molar-refractivity contribution in [2.45, 2.75) is 25.3 Å². The second-order valence-corrected chi connectivity index (χ2v) is 5.16. The number of ether oxygens (including phenoxy) is 1. The maximum atomic E-state index is 11.8. The summed E-state index contributed by atoms with van der Waals surface area (Å²) in [6.07, 6.45) is 4.12. The Bertz CT molecular complexity index is 424. The monoisotopic (exact) mass is 283 g/mol. The number of hydrogen-bond donors (Lipinski definition) is 2. The Kier molecular flexibility index (Phi) is 4.99. The van der Waals surface area contributed by atoms with E-state index in [2.05, 4.69) is 10.3 Å². The molecule has 19 heavy (non-hydrogen) atoms. The van der Waals surface area contributed by atoms with Crippen molar-refractivity contribution in [2.75, 3.05) is 13.2 Å². The van der Waals surface area contributed by atoms with Crippen molar-refractivity contribution < 1.29 is 9.53 Å². The van der Waals surface area contributed by atoms with E-state index in [0.717, 1.165) is 19.3 Å². The lowest BCUT2D eigenvalue weighted by molar-refractivity contribution is -0.124. The molecule has 1 heterocycles. The second-order valence-electron chi connectivity index (χ2n) is 4.72. The lowest BCUT2D eigenvalue weighted by Crippen LogP contribution is -2.33. The van der Waals surface area contributed by atoms with Gasteiger partial charge in [-0.25, -0.2) is 4.98 Å². The SMILES string of the molecule is NC1CCC(C(=O)NCCOc2ccc(Cl)cn2)C1. The average molecular weight is 284 g/mol. The van der Waals surface area contributed by atoms with E-state index in [4.69, 9.17) is 22.1 Å². The molecule has 104 valence electrons. The van der Waals surface area contributed by atoms with Gasteiger partial charge in [-0.15, -0.1) is 0 Å². The molecule has 0 spiro atoms. The van der Waals surface area contributed by atoms with Crippen LogP contribution in [0.1, 0.15) is 19.3 Å². The molecular weight excluding hydrogens is 266 g/mol. The topological polar surface area (TPSA) is 77.2 Å². The summed E-state index contributed by atoms with van der Waals surface area (Å²) in [5.41, 5.74) is 5.78. The maximum Gasteiger partial charge on any atom is 0.223 e. The summed E-state index contributed by atoms with van der Waals surface area (Å²) in [5, 5.41) is 3.42. The first-order valence-corrected chi connectivity index (χ1v) is 6.80. The van der Waals surface area contributed by atoms with Crippen LogP contribution in [0.3, 0.4) is 0 Å². The van der Waals surface area contributed by atoms with E-state index >= 15 is 0 Å². The molecule has 1 fully saturated rings. The summed E-state index contributed by atoms with van der Waals surface area (Å²) in [6.45, 7) is 0.855. The van der Waals surface area contributed by atoms with Crippen molar-refractivity contribution in [3.8, 4) is 5.88 Å². The van der Waals surface area contributed by atoms with E-state index in [1.54, 1.807) is 12.1 Å². The van der Waals surface area contributed by atoms with Crippen molar-refractivity contribution in [1.82, 2.24) is 10.3 Å². The average Bonchev–Trinajstić information content (AvgIpc) is 2.83. The Labute approximate surface area is 117 Å². The molecule has 6 heteroatoms. The molecule has 1 aliphatic carbocycles. The maximum absolute atomic E-state index is 11.8. The van der Waals surface area contributed by atoms with Gasteiger partial charge >= 0.3 is 0 Å². The highest BCUT2D eigenvalue weighted by Gasteiger charge is 2.27.